The van der Waals surface area contributed by atoms with E-state index in [-0.39, 0.29) is 84.9 Å². The van der Waals surface area contributed by atoms with Crippen molar-refractivity contribution in [2.75, 3.05) is 45.7 Å². The number of hydrogen-bond acceptors (Lipinski definition) is 17. The molecular weight excluding hydrogens is 1150 g/mol. The van der Waals surface area contributed by atoms with Crippen molar-refractivity contribution in [1.82, 2.24) is 10.6 Å². The van der Waals surface area contributed by atoms with Gasteiger partial charge in [-0.3, -0.25) is 4.79 Å². The molecule has 3 aromatic carbocycles. The Labute approximate surface area is 527 Å². The van der Waals surface area contributed by atoms with Crippen molar-refractivity contribution in [3.63, 3.8) is 0 Å². The molecule has 4 heterocycles. The zero-order valence-corrected chi connectivity index (χ0v) is 53.7. The minimum atomic E-state index is -2.51. The molecule has 1 aromatic heterocycles. The Balaban J connectivity index is 0.927. The lowest BCUT2D eigenvalue weighted by Gasteiger charge is -2.67. The van der Waals surface area contributed by atoms with E-state index in [9.17, 15) is 40.5 Å². The Morgan fingerprint density at radius 2 is 1.68 bits per heavy atom. The van der Waals surface area contributed by atoms with Gasteiger partial charge in [0, 0.05) is 53.3 Å². The normalized spacial score (nSPS) is 40.8. The number of fused-ring (bicyclic) bond motifs is 12. The molecular formula is C71H98N2O13S2. The van der Waals surface area contributed by atoms with E-state index < -0.39 is 82.1 Å². The summed E-state index contributed by atoms with van der Waals surface area (Å²) in [6.45, 7) is 5.26. The number of carbonyl (C=O) groups excluding carboxylic acids is 1. The van der Waals surface area contributed by atoms with Crippen LogP contribution in [0.15, 0.2) is 77.4 Å². The van der Waals surface area contributed by atoms with Crippen molar-refractivity contribution in [3.05, 3.63) is 84.1 Å². The maximum absolute atomic E-state index is 14.0. The maximum atomic E-state index is 14.0. The summed E-state index contributed by atoms with van der Waals surface area (Å²) in [7, 11) is 5.49. The van der Waals surface area contributed by atoms with E-state index in [0.29, 0.717) is 47.8 Å². The topological polar surface area (TPSA) is 233 Å². The Hall–Kier alpha value is -3.43. The van der Waals surface area contributed by atoms with Crippen molar-refractivity contribution in [2.45, 2.75) is 218 Å². The quantitative estimate of drug-likeness (QED) is 0.0365. The highest BCUT2D eigenvalue weighted by Crippen LogP contribution is 2.70. The van der Waals surface area contributed by atoms with Crippen LogP contribution in [-0.2, 0) is 26.1 Å². The molecule has 4 aromatic rings. The number of nitrogens with one attached hydrogen (secondary N) is 2. The second kappa shape index (κ2) is 25.1. The van der Waals surface area contributed by atoms with Gasteiger partial charge in [-0.2, -0.15) is 0 Å². The highest BCUT2D eigenvalue weighted by molar-refractivity contribution is 8.77. The van der Waals surface area contributed by atoms with Crippen molar-refractivity contribution in [1.29, 1.82) is 0 Å². The van der Waals surface area contributed by atoms with Crippen LogP contribution in [0.5, 0.6) is 11.5 Å². The van der Waals surface area contributed by atoms with E-state index in [0.717, 1.165) is 96.4 Å². The molecule has 13 rings (SSSR count). The standard InChI is InChI=1S/C71H98N2O13S2/c1-4-82-58(77)21-17-48-36-49-25-34-83-60(49)62-61(48)85-64-71(81)59-50(16-19-54(75)53(59)42-74)39-69(80,63(71)78)70(86-64)43-87-88-68(56(73-33-35-84-62)20-14-44(2)10-9-13-57(70)76)32-31-65(28-22-45(38-65)41-72-3)55(68)24-30-66(79)29-23-52(40-66)67(26-7-8-27-67)51-18-15-46-11-5-6-12-47(46)37-51/h5-6,11-12,15-16,18-19,25,34,36-37,44-45,50,52-57,59,63-64,72-76,78-81H,4,7-10,13-14,17,20-24,26-33,35,38-43H2,1-3H3. The van der Waals surface area contributed by atoms with Crippen LogP contribution in [0, 0.1) is 46.8 Å². The third kappa shape index (κ3) is 10.8. The predicted molar refractivity (Wildman–Crippen MR) is 343 cm³/mol. The van der Waals surface area contributed by atoms with Crippen LogP contribution in [0.2, 0.25) is 0 Å². The summed E-state index contributed by atoms with van der Waals surface area (Å²) in [4.78, 5) is 13.2. The van der Waals surface area contributed by atoms with Crippen LogP contribution in [0.3, 0.4) is 0 Å². The van der Waals surface area contributed by atoms with Crippen LogP contribution in [0.1, 0.15) is 160 Å². The molecule has 9 N–H and O–H groups in total. The van der Waals surface area contributed by atoms with Gasteiger partial charge in [0.15, 0.2) is 16.9 Å². The summed E-state index contributed by atoms with van der Waals surface area (Å²) >= 11 is 0. The Morgan fingerprint density at radius 1 is 0.852 bits per heavy atom. The largest absolute Gasteiger partial charge is 0.485 e. The number of benzene rings is 3. The monoisotopic (exact) mass is 1250 g/mol. The lowest BCUT2D eigenvalue weighted by Crippen LogP contribution is -2.86. The average Bonchev–Trinajstić information content (AvgIpc) is 0.815. The second-order valence-corrected chi connectivity index (χ2v) is 31.8. The van der Waals surface area contributed by atoms with E-state index in [2.05, 4.69) is 67.1 Å². The van der Waals surface area contributed by atoms with Crippen LogP contribution in [0.25, 0.3) is 21.7 Å². The molecule has 3 aliphatic heterocycles. The minimum Gasteiger partial charge on any atom is -0.485 e. The molecule has 9 aliphatic rings. The number of allylic oxidation sites excluding steroid dienone is 1. The summed E-state index contributed by atoms with van der Waals surface area (Å²) in [5.74, 6) is -1.61. The number of furan rings is 1. The van der Waals surface area contributed by atoms with Gasteiger partial charge in [-0.25, -0.2) is 0 Å². The summed E-state index contributed by atoms with van der Waals surface area (Å²) in [6, 6.07) is 19.5. The average molecular weight is 1250 g/mol. The molecule has 18 atom stereocenters. The van der Waals surface area contributed by atoms with Crippen molar-refractivity contribution >= 4 is 49.3 Å². The van der Waals surface area contributed by atoms with Crippen molar-refractivity contribution < 1.29 is 63.9 Å². The summed E-state index contributed by atoms with van der Waals surface area (Å²) in [5.41, 5.74) is -5.28. The van der Waals surface area contributed by atoms with E-state index >= 15 is 0 Å². The molecule has 0 radical (unpaired) electrons. The Bertz CT molecular complexity index is 3160. The van der Waals surface area contributed by atoms with Gasteiger partial charge < -0.3 is 69.7 Å². The fourth-order valence-electron chi connectivity index (χ4n) is 20.1. The number of aliphatic hydroxyl groups is 7. The second-order valence-electron chi connectivity index (χ2n) is 29.1. The van der Waals surface area contributed by atoms with Gasteiger partial charge in [-0.1, -0.05) is 109 Å². The molecule has 18 unspecified atom stereocenters. The van der Waals surface area contributed by atoms with Crippen molar-refractivity contribution in [3.8, 4) is 11.5 Å². The Morgan fingerprint density at radius 3 is 2.49 bits per heavy atom. The van der Waals surface area contributed by atoms with Crippen LogP contribution in [-0.4, -0.2) is 145 Å². The third-order valence-electron chi connectivity index (χ3n) is 24.5. The van der Waals surface area contributed by atoms with Gasteiger partial charge in [-0.05, 0) is 204 Å². The zero-order valence-electron chi connectivity index (χ0n) is 52.1. The van der Waals surface area contributed by atoms with Gasteiger partial charge in [0.1, 0.15) is 23.9 Å². The molecule has 482 valence electrons. The molecule has 6 aliphatic carbocycles. The van der Waals surface area contributed by atoms with E-state index in [1.165, 1.54) is 29.2 Å². The van der Waals surface area contributed by atoms with Gasteiger partial charge in [-0.15, -0.1) is 0 Å². The smallest absolute Gasteiger partial charge is 0.306 e. The van der Waals surface area contributed by atoms with Gasteiger partial charge in [0.25, 0.3) is 0 Å². The minimum absolute atomic E-state index is 0.000372. The summed E-state index contributed by atoms with van der Waals surface area (Å²) in [6.07, 6.45) is 15.9. The number of ether oxygens (including phenoxy) is 4. The number of carbonyl (C=O) groups is 1. The highest BCUT2D eigenvalue weighted by atomic mass is 33.1. The third-order valence-corrected chi connectivity index (χ3v) is 27.9. The van der Waals surface area contributed by atoms with Crippen LogP contribution >= 0.6 is 21.6 Å². The molecule has 0 amide bonds. The van der Waals surface area contributed by atoms with Gasteiger partial charge >= 0.3 is 5.97 Å². The number of aliphatic hydroxyl groups excluding tert-OH is 4. The first kappa shape index (κ1) is 63.3. The van der Waals surface area contributed by atoms with Crippen molar-refractivity contribution in [2.24, 2.45) is 46.8 Å². The maximum Gasteiger partial charge on any atom is 0.306 e. The molecule has 3 spiro atoms. The molecule has 2 saturated heterocycles. The number of esters is 1. The lowest BCUT2D eigenvalue weighted by atomic mass is 9.50. The number of rotatable bonds is 12. The zero-order chi connectivity index (χ0) is 61.3. The molecule has 5 saturated carbocycles. The summed E-state index contributed by atoms with van der Waals surface area (Å²) < 4.78 is 32.9. The molecule has 17 heteroatoms. The SMILES string of the molecule is CCOC(=O)CCc1cc2ccoc2c2c1OC1OC3(CSSC4(CCC5(CCC(CNC)C5)C4CCC4(O)CCC(C5(c6ccc7ccccc7c6)CCCC5)C4)C(CCC(C)CCCC3O)NCCO2)C2(O)CC3C=CC(O)C(CO)C3C1(O)C2O. The van der Waals surface area contributed by atoms with Gasteiger partial charge in [0.05, 0.1) is 30.7 Å². The Kier molecular flexibility index (Phi) is 18.1. The lowest BCUT2D eigenvalue weighted by molar-refractivity contribution is -0.424. The van der Waals surface area contributed by atoms with E-state index in [1.807, 2.05) is 22.9 Å². The van der Waals surface area contributed by atoms with E-state index in [4.69, 9.17) is 23.4 Å². The van der Waals surface area contributed by atoms with Gasteiger partial charge in [0.2, 0.25) is 12.0 Å². The van der Waals surface area contributed by atoms with E-state index in [1.54, 1.807) is 36.1 Å². The molecule has 5 bridgehead atoms. The van der Waals surface area contributed by atoms with Crippen LogP contribution < -0.4 is 20.1 Å². The van der Waals surface area contributed by atoms with Crippen LogP contribution in [0.4, 0.5) is 0 Å². The molecule has 88 heavy (non-hydrogen) atoms. The fraction of sp³-hybridized carbons (Fsp3) is 0.704. The predicted octanol–water partition coefficient (Wildman–Crippen LogP) is 10.2. The number of hydrogen-bond donors (Lipinski definition) is 9. The summed E-state index contributed by atoms with van der Waals surface area (Å²) in [5, 5.41) is 102. The number of aryl methyl sites for hydroxylation is 1. The first-order chi connectivity index (χ1) is 42.5. The molecule has 15 nitrogen and oxygen atoms in total. The highest BCUT2D eigenvalue weighted by Gasteiger charge is 2.78. The fourth-order valence-corrected chi connectivity index (χ4v) is 24.4. The first-order valence-electron chi connectivity index (χ1n) is 33.8. The first-order valence-corrected chi connectivity index (χ1v) is 36.1. The molecule has 7 fully saturated rings.